The number of hydrogen-bond donors (Lipinski definition) is 3. The van der Waals surface area contributed by atoms with Crippen molar-refractivity contribution < 1.29 is 33.6 Å². The fourth-order valence-corrected chi connectivity index (χ4v) is 4.68. The zero-order valence-electron chi connectivity index (χ0n) is 21.3. The van der Waals surface area contributed by atoms with Crippen molar-refractivity contribution in [1.82, 2.24) is 10.2 Å². The standard InChI is InChI=1S/C27H33N3O7/c1-33-15-36-20-13-22(26(27(31)32)24(14-20)37-16-34-2)28-25-12-19(29-30-25)10-17-8-9-23(35-3)21(11-17)18-6-4-5-7-18/h8-9,11-14,18H,4-7,10,15-16H2,1-3H3,(H,31,32)(H2,28,29,30). The normalized spacial score (nSPS) is 13.5. The van der Waals surface area contributed by atoms with E-state index >= 15 is 0 Å². The molecule has 0 saturated heterocycles. The highest BCUT2D eigenvalue weighted by Crippen LogP contribution is 2.39. The quantitative estimate of drug-likeness (QED) is 0.270. The highest BCUT2D eigenvalue weighted by atomic mass is 16.7. The van der Waals surface area contributed by atoms with E-state index in [0.29, 0.717) is 23.9 Å². The summed E-state index contributed by atoms with van der Waals surface area (Å²) < 4.78 is 26.6. The lowest BCUT2D eigenvalue weighted by molar-refractivity contribution is 0.0446. The van der Waals surface area contributed by atoms with Gasteiger partial charge in [0.05, 0.1) is 18.5 Å². The van der Waals surface area contributed by atoms with E-state index in [1.807, 2.05) is 12.1 Å². The summed E-state index contributed by atoms with van der Waals surface area (Å²) in [7, 11) is 4.67. The Bertz CT molecular complexity index is 1200. The van der Waals surface area contributed by atoms with Gasteiger partial charge >= 0.3 is 5.97 Å². The van der Waals surface area contributed by atoms with Crippen LogP contribution in [0.1, 0.15) is 58.8 Å². The van der Waals surface area contributed by atoms with E-state index in [1.165, 1.54) is 51.5 Å². The number of methoxy groups -OCH3 is 3. The molecule has 0 unspecified atom stereocenters. The molecular weight excluding hydrogens is 478 g/mol. The first-order chi connectivity index (χ1) is 18.0. The largest absolute Gasteiger partial charge is 0.496 e. The number of benzene rings is 2. The Morgan fingerprint density at radius 1 is 1.03 bits per heavy atom. The van der Waals surface area contributed by atoms with Gasteiger partial charge in [0.25, 0.3) is 0 Å². The molecule has 1 aromatic heterocycles. The molecule has 10 nitrogen and oxygen atoms in total. The average Bonchev–Trinajstić information content (AvgIpc) is 3.58. The van der Waals surface area contributed by atoms with Crippen molar-refractivity contribution in [1.29, 1.82) is 0 Å². The highest BCUT2D eigenvalue weighted by Gasteiger charge is 2.22. The lowest BCUT2D eigenvalue weighted by atomic mass is 9.94. The Morgan fingerprint density at radius 2 is 1.78 bits per heavy atom. The first-order valence-corrected chi connectivity index (χ1v) is 12.1. The van der Waals surface area contributed by atoms with Gasteiger partial charge < -0.3 is 34.1 Å². The maximum absolute atomic E-state index is 12.1. The Morgan fingerprint density at radius 3 is 2.49 bits per heavy atom. The molecule has 0 aliphatic heterocycles. The highest BCUT2D eigenvalue weighted by molar-refractivity contribution is 5.98. The average molecular weight is 512 g/mol. The van der Waals surface area contributed by atoms with Crippen LogP contribution < -0.4 is 19.5 Å². The SMILES string of the molecule is COCOc1cc(Nc2cc(Cc3ccc(OC)c(C4CCCC4)c3)n[nH]2)c(C(=O)O)c(OCOC)c1. The van der Waals surface area contributed by atoms with Crippen molar-refractivity contribution in [2.45, 2.75) is 38.0 Å². The zero-order valence-corrected chi connectivity index (χ0v) is 21.3. The smallest absolute Gasteiger partial charge is 0.341 e. The maximum Gasteiger partial charge on any atom is 0.341 e. The third-order valence-corrected chi connectivity index (χ3v) is 6.34. The third-order valence-electron chi connectivity index (χ3n) is 6.34. The molecule has 1 saturated carbocycles. The summed E-state index contributed by atoms with van der Waals surface area (Å²) in [5.41, 5.74) is 3.42. The number of carboxylic acids is 1. The summed E-state index contributed by atoms with van der Waals surface area (Å²) in [6, 6.07) is 11.2. The van der Waals surface area contributed by atoms with Gasteiger partial charge in [0.1, 0.15) is 28.6 Å². The van der Waals surface area contributed by atoms with Crippen LogP contribution in [0.2, 0.25) is 0 Å². The fraction of sp³-hybridized carbons (Fsp3) is 0.407. The fourth-order valence-electron chi connectivity index (χ4n) is 4.68. The molecule has 1 aliphatic rings. The lowest BCUT2D eigenvalue weighted by Crippen LogP contribution is -2.10. The minimum atomic E-state index is -1.16. The lowest BCUT2D eigenvalue weighted by Gasteiger charge is -2.16. The number of aromatic nitrogens is 2. The van der Waals surface area contributed by atoms with Crippen LogP contribution in [-0.4, -0.2) is 56.2 Å². The van der Waals surface area contributed by atoms with E-state index in [2.05, 4.69) is 27.6 Å². The second-order valence-corrected chi connectivity index (χ2v) is 8.88. The zero-order chi connectivity index (χ0) is 26.2. The number of ether oxygens (including phenoxy) is 5. The number of carbonyl (C=O) groups is 1. The minimum absolute atomic E-state index is 0.00547. The number of carboxylic acid groups (broad SMARTS) is 1. The number of anilines is 2. The Hall–Kier alpha value is -3.76. The first kappa shape index (κ1) is 26.3. The number of hydrogen-bond acceptors (Lipinski definition) is 8. The van der Waals surface area contributed by atoms with Crippen LogP contribution in [0.4, 0.5) is 11.5 Å². The van der Waals surface area contributed by atoms with Gasteiger partial charge in [0, 0.05) is 38.8 Å². The van der Waals surface area contributed by atoms with Gasteiger partial charge in [-0.15, -0.1) is 0 Å². The molecule has 0 spiro atoms. The Balaban J connectivity index is 1.56. The van der Waals surface area contributed by atoms with Crippen LogP contribution in [0.15, 0.2) is 36.4 Å². The van der Waals surface area contributed by atoms with Gasteiger partial charge in [-0.05, 0) is 36.0 Å². The first-order valence-electron chi connectivity index (χ1n) is 12.1. The van der Waals surface area contributed by atoms with Crippen LogP contribution in [0.5, 0.6) is 17.2 Å². The van der Waals surface area contributed by atoms with Crippen molar-refractivity contribution in [2.75, 3.05) is 40.2 Å². The van der Waals surface area contributed by atoms with E-state index in [9.17, 15) is 9.90 Å². The summed E-state index contributed by atoms with van der Waals surface area (Å²) in [6.45, 7) is -0.124. The monoisotopic (exact) mass is 511 g/mol. The number of nitrogens with one attached hydrogen (secondary N) is 2. The molecule has 2 aromatic carbocycles. The van der Waals surface area contributed by atoms with Crippen molar-refractivity contribution in [3.63, 3.8) is 0 Å². The Kier molecular flexibility index (Phi) is 8.86. The molecule has 0 radical (unpaired) electrons. The number of nitrogens with zero attached hydrogens (tertiary/aromatic N) is 1. The molecule has 1 fully saturated rings. The van der Waals surface area contributed by atoms with Crippen LogP contribution in [0.25, 0.3) is 0 Å². The molecule has 0 atom stereocenters. The van der Waals surface area contributed by atoms with Crippen molar-refractivity contribution in [2.24, 2.45) is 0 Å². The molecule has 1 heterocycles. The van der Waals surface area contributed by atoms with Crippen LogP contribution >= 0.6 is 0 Å². The molecule has 1 aliphatic carbocycles. The number of H-pyrrole nitrogens is 1. The molecule has 198 valence electrons. The molecule has 0 bridgehead atoms. The second kappa shape index (κ2) is 12.5. The summed E-state index contributed by atoms with van der Waals surface area (Å²) in [4.78, 5) is 12.1. The van der Waals surface area contributed by atoms with Gasteiger partial charge in [-0.1, -0.05) is 25.0 Å². The van der Waals surface area contributed by atoms with Crippen LogP contribution in [0, 0.1) is 0 Å². The second-order valence-electron chi connectivity index (χ2n) is 8.88. The summed E-state index contributed by atoms with van der Waals surface area (Å²) in [6.07, 6.45) is 5.49. The van der Waals surface area contributed by atoms with Gasteiger partial charge in [-0.2, -0.15) is 5.10 Å². The topological polar surface area (TPSA) is 124 Å². The van der Waals surface area contributed by atoms with E-state index < -0.39 is 5.97 Å². The Labute approximate surface area is 215 Å². The van der Waals surface area contributed by atoms with Crippen LogP contribution in [-0.2, 0) is 15.9 Å². The molecule has 37 heavy (non-hydrogen) atoms. The van der Waals surface area contributed by atoms with E-state index in [1.54, 1.807) is 13.2 Å². The third kappa shape index (κ3) is 6.52. The van der Waals surface area contributed by atoms with E-state index in [0.717, 1.165) is 17.0 Å². The summed E-state index contributed by atoms with van der Waals surface area (Å²) in [5, 5.41) is 20.4. The van der Waals surface area contributed by atoms with Gasteiger partial charge in [-0.25, -0.2) is 4.79 Å². The van der Waals surface area contributed by atoms with Crippen molar-refractivity contribution in [3.8, 4) is 17.2 Å². The van der Waals surface area contributed by atoms with Gasteiger partial charge in [0.15, 0.2) is 13.6 Å². The van der Waals surface area contributed by atoms with E-state index in [-0.39, 0.29) is 30.6 Å². The van der Waals surface area contributed by atoms with Gasteiger partial charge in [-0.3, -0.25) is 5.10 Å². The predicted molar refractivity (Wildman–Crippen MR) is 137 cm³/mol. The predicted octanol–water partition coefficient (Wildman–Crippen LogP) is 5.07. The van der Waals surface area contributed by atoms with E-state index in [4.69, 9.17) is 23.7 Å². The molecule has 10 heteroatoms. The number of aromatic carboxylic acids is 1. The van der Waals surface area contributed by atoms with Crippen molar-refractivity contribution in [3.05, 3.63) is 58.8 Å². The molecular formula is C27H33N3O7. The number of aromatic amines is 1. The molecule has 3 N–H and O–H groups in total. The summed E-state index contributed by atoms with van der Waals surface area (Å²) >= 11 is 0. The van der Waals surface area contributed by atoms with Crippen LogP contribution in [0.3, 0.4) is 0 Å². The molecule has 3 aromatic rings. The summed E-state index contributed by atoms with van der Waals surface area (Å²) in [5.74, 6) is 1.31. The molecule has 0 amide bonds. The van der Waals surface area contributed by atoms with Crippen molar-refractivity contribution >= 4 is 17.5 Å². The minimum Gasteiger partial charge on any atom is -0.496 e. The molecule has 4 rings (SSSR count). The number of rotatable bonds is 13. The van der Waals surface area contributed by atoms with Gasteiger partial charge in [0.2, 0.25) is 0 Å². The maximum atomic E-state index is 12.1.